The summed E-state index contributed by atoms with van der Waals surface area (Å²) in [5.41, 5.74) is 28.0. The van der Waals surface area contributed by atoms with Crippen LogP contribution < -0.4 is 44.6 Å². The lowest BCUT2D eigenvalue weighted by Crippen LogP contribution is -2.56. The molecule has 4 atom stereocenters. The number of nitrogens with two attached hydrogens (primary N) is 5. The summed E-state index contributed by atoms with van der Waals surface area (Å²) >= 11 is 0. The number of carbonyl (C=O) groups is 6. The summed E-state index contributed by atoms with van der Waals surface area (Å²) in [5.74, 6) is -4.39. The van der Waals surface area contributed by atoms with Crippen molar-refractivity contribution < 1.29 is 28.8 Å². The number of hydrogen-bond donors (Lipinski definition) is 8. The van der Waals surface area contributed by atoms with Crippen molar-refractivity contribution in [1.82, 2.24) is 20.9 Å². The second-order valence-corrected chi connectivity index (χ2v) is 9.91. The van der Waals surface area contributed by atoms with Crippen LogP contribution in [0.15, 0.2) is 35.3 Å². The minimum absolute atomic E-state index is 0.107. The zero-order valence-corrected chi connectivity index (χ0v) is 23.3. The SMILES string of the molecule is NC(=O)C[C@H](NC(=O)CNC(=O)[C@@H](CCCN=C(N)N)NC(=O)[C@@H]1CCCN1C(=O)[C@H](N)Cc1ccccc1)C(N)=O. The zero-order valence-electron chi connectivity index (χ0n) is 23.3. The van der Waals surface area contributed by atoms with Crippen LogP contribution in [-0.4, -0.2) is 90.1 Å². The van der Waals surface area contributed by atoms with Gasteiger partial charge in [-0.15, -0.1) is 0 Å². The van der Waals surface area contributed by atoms with E-state index in [1.807, 2.05) is 30.3 Å². The molecule has 1 aliphatic heterocycles. The number of amides is 6. The first-order valence-electron chi connectivity index (χ1n) is 13.5. The molecule has 1 fully saturated rings. The van der Waals surface area contributed by atoms with Crippen molar-refractivity contribution in [3.05, 3.63) is 35.9 Å². The molecule has 6 amide bonds. The molecule has 230 valence electrons. The van der Waals surface area contributed by atoms with Gasteiger partial charge in [0.25, 0.3) is 0 Å². The first-order chi connectivity index (χ1) is 19.9. The minimum atomic E-state index is -1.35. The Morgan fingerprint density at radius 3 is 2.29 bits per heavy atom. The van der Waals surface area contributed by atoms with E-state index in [9.17, 15) is 28.8 Å². The molecule has 0 aliphatic carbocycles. The highest BCUT2D eigenvalue weighted by Crippen LogP contribution is 2.19. The predicted molar refractivity (Wildman–Crippen MR) is 153 cm³/mol. The van der Waals surface area contributed by atoms with Gasteiger partial charge in [-0.05, 0) is 37.7 Å². The molecule has 0 bridgehead atoms. The fraction of sp³-hybridized carbons (Fsp3) is 0.500. The number of nitrogens with zero attached hydrogens (tertiary/aromatic N) is 2. The average Bonchev–Trinajstić information content (AvgIpc) is 3.42. The highest BCUT2D eigenvalue weighted by atomic mass is 16.2. The molecular weight excluding hydrogens is 548 g/mol. The molecule has 0 saturated carbocycles. The van der Waals surface area contributed by atoms with Crippen LogP contribution in [0.5, 0.6) is 0 Å². The number of benzene rings is 1. The van der Waals surface area contributed by atoms with E-state index >= 15 is 0 Å². The van der Waals surface area contributed by atoms with Crippen LogP contribution in [0.3, 0.4) is 0 Å². The van der Waals surface area contributed by atoms with E-state index in [1.165, 1.54) is 4.90 Å². The quantitative estimate of drug-likeness (QED) is 0.0530. The van der Waals surface area contributed by atoms with Gasteiger partial charge in [0.15, 0.2) is 5.96 Å². The fourth-order valence-corrected chi connectivity index (χ4v) is 4.47. The van der Waals surface area contributed by atoms with E-state index in [4.69, 9.17) is 28.7 Å². The number of hydrogen-bond acceptors (Lipinski definition) is 8. The molecular formula is C26H40N10O6. The van der Waals surface area contributed by atoms with Crippen LogP contribution in [0.25, 0.3) is 0 Å². The maximum absolute atomic E-state index is 13.3. The molecule has 1 saturated heterocycles. The van der Waals surface area contributed by atoms with Gasteiger partial charge in [0.2, 0.25) is 35.4 Å². The Morgan fingerprint density at radius 1 is 0.976 bits per heavy atom. The Morgan fingerprint density at radius 2 is 1.67 bits per heavy atom. The standard InChI is InChI=1S/C26H40N10O6/c27-16(12-15-6-2-1-3-7-15)25(42)36-11-5-9-19(36)24(41)35-17(8-4-10-32-26(30)31)23(40)33-14-21(38)34-18(22(29)39)13-20(28)37/h1-3,6-7,16-19H,4-5,8-14,27H2,(H2,28,37)(H2,29,39)(H,33,40)(H,34,38)(H,35,41)(H4,30,31,32)/t16-,17-,18+,19+/m1/s1. The van der Waals surface area contributed by atoms with Crippen molar-refractivity contribution >= 4 is 41.4 Å². The van der Waals surface area contributed by atoms with Crippen molar-refractivity contribution in [3.63, 3.8) is 0 Å². The van der Waals surface area contributed by atoms with Gasteiger partial charge in [-0.25, -0.2) is 0 Å². The molecule has 1 aliphatic rings. The Kier molecular flexibility index (Phi) is 13.2. The molecule has 2 rings (SSSR count). The summed E-state index contributed by atoms with van der Waals surface area (Å²) in [6.07, 6.45) is 1.17. The third kappa shape index (κ3) is 11.0. The molecule has 1 aromatic carbocycles. The summed E-state index contributed by atoms with van der Waals surface area (Å²) in [6.45, 7) is -0.0600. The summed E-state index contributed by atoms with van der Waals surface area (Å²) in [4.78, 5) is 79.6. The maximum atomic E-state index is 13.3. The van der Waals surface area contributed by atoms with Gasteiger partial charge in [-0.3, -0.25) is 33.8 Å². The third-order valence-electron chi connectivity index (χ3n) is 6.54. The first kappa shape index (κ1) is 33.5. The molecule has 0 radical (unpaired) electrons. The number of primary amides is 2. The molecule has 13 N–H and O–H groups in total. The fourth-order valence-electron chi connectivity index (χ4n) is 4.47. The molecule has 1 aromatic rings. The van der Waals surface area contributed by atoms with Gasteiger partial charge >= 0.3 is 0 Å². The van der Waals surface area contributed by atoms with E-state index in [0.717, 1.165) is 5.56 Å². The van der Waals surface area contributed by atoms with E-state index in [1.54, 1.807) is 0 Å². The monoisotopic (exact) mass is 588 g/mol. The van der Waals surface area contributed by atoms with Gasteiger partial charge < -0.3 is 49.5 Å². The number of aliphatic imine (C=N–C) groups is 1. The maximum Gasteiger partial charge on any atom is 0.243 e. The largest absolute Gasteiger partial charge is 0.370 e. The summed E-state index contributed by atoms with van der Waals surface area (Å²) in [6, 6.07) is 5.13. The summed E-state index contributed by atoms with van der Waals surface area (Å²) < 4.78 is 0. The van der Waals surface area contributed by atoms with Gasteiger partial charge in [-0.2, -0.15) is 0 Å². The lowest BCUT2D eigenvalue weighted by molar-refractivity contribution is -0.140. The van der Waals surface area contributed by atoms with E-state index in [2.05, 4.69) is 20.9 Å². The Labute approximate surface area is 243 Å². The van der Waals surface area contributed by atoms with Crippen molar-refractivity contribution in [2.45, 2.75) is 62.7 Å². The van der Waals surface area contributed by atoms with Crippen LogP contribution in [0.4, 0.5) is 0 Å². The molecule has 0 spiro atoms. The molecule has 42 heavy (non-hydrogen) atoms. The van der Waals surface area contributed by atoms with Gasteiger partial charge in [0.1, 0.15) is 18.1 Å². The Balaban J connectivity index is 2.05. The van der Waals surface area contributed by atoms with Crippen molar-refractivity contribution in [1.29, 1.82) is 0 Å². The highest BCUT2D eigenvalue weighted by molar-refractivity contribution is 5.95. The van der Waals surface area contributed by atoms with Gasteiger partial charge in [0, 0.05) is 13.1 Å². The van der Waals surface area contributed by atoms with Crippen molar-refractivity contribution in [2.75, 3.05) is 19.6 Å². The summed E-state index contributed by atoms with van der Waals surface area (Å²) in [7, 11) is 0. The zero-order chi connectivity index (χ0) is 31.2. The average molecular weight is 589 g/mol. The van der Waals surface area contributed by atoms with Crippen molar-refractivity contribution in [3.8, 4) is 0 Å². The minimum Gasteiger partial charge on any atom is -0.370 e. The van der Waals surface area contributed by atoms with Crippen LogP contribution in [0.1, 0.15) is 37.7 Å². The predicted octanol–water partition coefficient (Wildman–Crippen LogP) is -3.95. The highest BCUT2D eigenvalue weighted by Gasteiger charge is 2.37. The van der Waals surface area contributed by atoms with Gasteiger partial charge in [0.05, 0.1) is 19.0 Å². The van der Waals surface area contributed by atoms with E-state index in [0.29, 0.717) is 32.2 Å². The second-order valence-electron chi connectivity index (χ2n) is 9.91. The third-order valence-corrected chi connectivity index (χ3v) is 6.54. The lowest BCUT2D eigenvalue weighted by atomic mass is 10.0. The molecule has 0 aromatic heterocycles. The number of carbonyl (C=O) groups excluding carboxylic acids is 6. The Hall–Kier alpha value is -4.73. The molecule has 0 unspecified atom stereocenters. The number of nitrogens with one attached hydrogen (secondary N) is 3. The Bertz CT molecular complexity index is 1160. The molecule has 16 heteroatoms. The molecule has 1 heterocycles. The topological polar surface area (TPSA) is 284 Å². The number of likely N-dealkylation sites (tertiary alicyclic amines) is 1. The van der Waals surface area contributed by atoms with Crippen LogP contribution in [0, 0.1) is 0 Å². The molecule has 16 nitrogen and oxygen atoms in total. The number of rotatable bonds is 16. The van der Waals surface area contributed by atoms with Crippen LogP contribution in [0.2, 0.25) is 0 Å². The van der Waals surface area contributed by atoms with Crippen molar-refractivity contribution in [2.24, 2.45) is 33.7 Å². The number of guanidine groups is 1. The van der Waals surface area contributed by atoms with E-state index in [-0.39, 0.29) is 24.8 Å². The first-order valence-corrected chi connectivity index (χ1v) is 13.5. The van der Waals surface area contributed by atoms with E-state index < -0.39 is 66.7 Å². The van der Waals surface area contributed by atoms with Crippen LogP contribution in [-0.2, 0) is 35.2 Å². The summed E-state index contributed by atoms with van der Waals surface area (Å²) in [5, 5.41) is 7.27. The second kappa shape index (κ2) is 16.5. The van der Waals surface area contributed by atoms with Crippen LogP contribution >= 0.6 is 0 Å². The smallest absolute Gasteiger partial charge is 0.243 e. The normalized spacial score (nSPS) is 16.4. The van der Waals surface area contributed by atoms with Gasteiger partial charge in [-0.1, -0.05) is 30.3 Å². The lowest BCUT2D eigenvalue weighted by Gasteiger charge is -2.28.